The van der Waals surface area contributed by atoms with Crippen LogP contribution in [0.1, 0.15) is 5.69 Å². The first-order valence-corrected chi connectivity index (χ1v) is 9.23. The summed E-state index contributed by atoms with van der Waals surface area (Å²) in [4.78, 5) is 11.8. The van der Waals surface area contributed by atoms with Gasteiger partial charge in [-0.25, -0.2) is 9.48 Å². The fourth-order valence-electron chi connectivity index (χ4n) is 3.33. The Bertz CT molecular complexity index is 1070. The van der Waals surface area contributed by atoms with Gasteiger partial charge in [-0.3, -0.25) is 0 Å². The highest BCUT2D eigenvalue weighted by atomic mass is 16.7. The summed E-state index contributed by atoms with van der Waals surface area (Å²) >= 11 is 0. The van der Waals surface area contributed by atoms with Crippen LogP contribution < -0.4 is 10.4 Å². The van der Waals surface area contributed by atoms with Gasteiger partial charge in [0.15, 0.2) is 6.29 Å². The van der Waals surface area contributed by atoms with E-state index in [1.807, 2.05) is 0 Å². The lowest BCUT2D eigenvalue weighted by Crippen LogP contribution is -2.59. The summed E-state index contributed by atoms with van der Waals surface area (Å²) in [5.41, 5.74) is 0.411. The van der Waals surface area contributed by atoms with E-state index in [0.717, 1.165) is 0 Å². The van der Waals surface area contributed by atoms with Crippen LogP contribution in [0.2, 0.25) is 0 Å². The van der Waals surface area contributed by atoms with Crippen molar-refractivity contribution in [3.8, 4) is 5.75 Å². The van der Waals surface area contributed by atoms with Crippen LogP contribution >= 0.6 is 0 Å². The maximum Gasteiger partial charge on any atom is 0.339 e. The van der Waals surface area contributed by atoms with Crippen LogP contribution in [0.15, 0.2) is 45.7 Å². The molecule has 160 valence electrons. The third-order valence-corrected chi connectivity index (χ3v) is 4.94. The van der Waals surface area contributed by atoms with E-state index in [1.54, 1.807) is 24.3 Å². The molecule has 5 atom stereocenters. The first-order valence-electron chi connectivity index (χ1n) is 9.23. The zero-order valence-electron chi connectivity index (χ0n) is 16.0. The van der Waals surface area contributed by atoms with E-state index in [-0.39, 0.29) is 13.2 Å². The largest absolute Gasteiger partial charge is 0.486 e. The van der Waals surface area contributed by atoms with Gasteiger partial charge in [0.2, 0.25) is 0 Å². The number of hydrogen-bond acceptors (Lipinski definition) is 10. The van der Waals surface area contributed by atoms with E-state index in [2.05, 4.69) is 10.3 Å². The predicted octanol–water partition coefficient (Wildman–Crippen LogP) is -0.583. The van der Waals surface area contributed by atoms with Crippen molar-refractivity contribution >= 4 is 11.0 Å². The second-order valence-corrected chi connectivity index (χ2v) is 6.87. The lowest BCUT2D eigenvalue weighted by molar-refractivity contribution is -0.292. The third-order valence-electron chi connectivity index (χ3n) is 4.94. The minimum atomic E-state index is -1.44. The fourth-order valence-corrected chi connectivity index (χ4v) is 3.33. The van der Waals surface area contributed by atoms with Crippen LogP contribution in [0.4, 0.5) is 0 Å². The average Bonchev–Trinajstić information content (AvgIpc) is 3.19. The molecule has 0 radical (unpaired) electrons. The van der Waals surface area contributed by atoms with E-state index in [1.165, 1.54) is 24.1 Å². The number of para-hydroxylation sites is 1. The molecule has 11 heteroatoms. The van der Waals surface area contributed by atoms with E-state index < -0.39 is 36.3 Å². The highest BCUT2D eigenvalue weighted by Gasteiger charge is 2.44. The molecule has 1 aromatic carbocycles. The highest BCUT2D eigenvalue weighted by molar-refractivity contribution is 5.82. The zero-order chi connectivity index (χ0) is 21.3. The monoisotopic (exact) mass is 419 g/mol. The Morgan fingerprint density at radius 3 is 2.77 bits per heavy atom. The van der Waals surface area contributed by atoms with Crippen LogP contribution in [0, 0.1) is 0 Å². The molecule has 1 fully saturated rings. The molecule has 30 heavy (non-hydrogen) atoms. The molecule has 1 saturated heterocycles. The Morgan fingerprint density at radius 1 is 1.17 bits per heavy atom. The summed E-state index contributed by atoms with van der Waals surface area (Å²) in [7, 11) is 1.32. The minimum Gasteiger partial charge on any atom is -0.486 e. The van der Waals surface area contributed by atoms with Crippen molar-refractivity contribution in [1.82, 2.24) is 15.0 Å². The van der Waals surface area contributed by atoms with Crippen LogP contribution in [0.25, 0.3) is 11.0 Å². The molecule has 1 aliphatic rings. The number of aromatic nitrogens is 3. The number of hydrogen-bond donors (Lipinski definition) is 3. The Labute approximate surface area is 170 Å². The second kappa shape index (κ2) is 8.50. The van der Waals surface area contributed by atoms with Crippen LogP contribution in [-0.2, 0) is 22.6 Å². The first kappa shape index (κ1) is 20.4. The van der Waals surface area contributed by atoms with Crippen LogP contribution in [-0.4, -0.2) is 68.1 Å². The fraction of sp³-hybridized carbons (Fsp3) is 0.421. The molecule has 3 N–H and O–H groups in total. The normalized spacial score (nSPS) is 26.7. The second-order valence-electron chi connectivity index (χ2n) is 6.87. The zero-order valence-corrected chi connectivity index (χ0v) is 16.0. The molecule has 11 nitrogen and oxygen atoms in total. The van der Waals surface area contributed by atoms with Gasteiger partial charge >= 0.3 is 5.63 Å². The topological polar surface area (TPSA) is 149 Å². The average molecular weight is 419 g/mol. The van der Waals surface area contributed by atoms with Crippen LogP contribution in [0.5, 0.6) is 5.75 Å². The van der Waals surface area contributed by atoms with Crippen molar-refractivity contribution in [2.24, 2.45) is 0 Å². The number of aliphatic hydroxyl groups excluding tert-OH is 3. The molecule has 3 heterocycles. The molecular formula is C19H21N3O8. The summed E-state index contributed by atoms with van der Waals surface area (Å²) in [6.07, 6.45) is -4.69. The first-order chi connectivity index (χ1) is 14.5. The van der Waals surface area contributed by atoms with Crippen molar-refractivity contribution in [3.63, 3.8) is 0 Å². The number of rotatable bonds is 6. The van der Waals surface area contributed by atoms with Crippen molar-refractivity contribution in [3.05, 3.63) is 52.6 Å². The van der Waals surface area contributed by atoms with E-state index in [9.17, 15) is 20.1 Å². The Morgan fingerprint density at radius 2 is 1.97 bits per heavy atom. The van der Waals surface area contributed by atoms with E-state index >= 15 is 0 Å². The molecule has 0 unspecified atom stereocenters. The SMILES string of the molecule is CO[C@@H]1O[C@H](Cn2nncc2COc2cc(=O)oc3ccccc23)[C@@H](O)[C@H](O)[C@H]1O. The van der Waals surface area contributed by atoms with Crippen molar-refractivity contribution in [2.45, 2.75) is 43.9 Å². The van der Waals surface area contributed by atoms with Crippen LogP contribution in [0.3, 0.4) is 0 Å². The van der Waals surface area contributed by atoms with Gasteiger partial charge in [0.05, 0.1) is 29.9 Å². The Kier molecular flexibility index (Phi) is 5.79. The van der Waals surface area contributed by atoms with Gasteiger partial charge in [-0.1, -0.05) is 17.3 Å². The molecule has 0 spiro atoms. The van der Waals surface area contributed by atoms with Gasteiger partial charge in [-0.15, -0.1) is 5.10 Å². The Balaban J connectivity index is 1.50. The minimum absolute atomic E-state index is 0.0289. The van der Waals surface area contributed by atoms with Gasteiger partial charge < -0.3 is 33.9 Å². The van der Waals surface area contributed by atoms with E-state index in [4.69, 9.17) is 18.6 Å². The van der Waals surface area contributed by atoms with Crippen molar-refractivity contribution < 1.29 is 33.9 Å². The predicted molar refractivity (Wildman–Crippen MR) is 101 cm³/mol. The molecule has 0 saturated carbocycles. The smallest absolute Gasteiger partial charge is 0.339 e. The van der Waals surface area contributed by atoms with E-state index in [0.29, 0.717) is 22.4 Å². The third kappa shape index (κ3) is 3.93. The molecule has 4 rings (SSSR count). The highest BCUT2D eigenvalue weighted by Crippen LogP contribution is 2.25. The summed E-state index contributed by atoms with van der Waals surface area (Å²) in [6, 6.07) is 8.25. The molecular weight excluding hydrogens is 398 g/mol. The lowest BCUT2D eigenvalue weighted by atomic mass is 9.99. The number of methoxy groups -OCH3 is 1. The number of aliphatic hydroxyl groups is 3. The number of nitrogens with zero attached hydrogens (tertiary/aromatic N) is 3. The standard InChI is InChI=1S/C19H21N3O8/c1-27-19-18(26)17(25)16(24)14(30-19)8-22-10(7-20-21-22)9-28-13-6-15(23)29-12-5-3-2-4-11(12)13/h2-7,14,16-19,24-26H,8-9H2,1H3/t14-,16-,17+,18-,19-/m1/s1. The summed E-state index contributed by atoms with van der Waals surface area (Å²) in [5, 5.41) is 38.6. The number of benzene rings is 1. The number of ether oxygens (including phenoxy) is 3. The quantitative estimate of drug-likeness (QED) is 0.443. The Hall–Kier alpha value is -2.83. The van der Waals surface area contributed by atoms with Gasteiger partial charge in [-0.2, -0.15) is 0 Å². The molecule has 3 aromatic rings. The van der Waals surface area contributed by atoms with Gasteiger partial charge in [0, 0.05) is 7.11 Å². The molecule has 1 aliphatic heterocycles. The van der Waals surface area contributed by atoms with Gasteiger partial charge in [0.1, 0.15) is 42.4 Å². The summed E-state index contributed by atoms with van der Waals surface area (Å²) in [5.74, 6) is 0.349. The van der Waals surface area contributed by atoms with Gasteiger partial charge in [-0.05, 0) is 12.1 Å². The lowest BCUT2D eigenvalue weighted by Gasteiger charge is -2.39. The van der Waals surface area contributed by atoms with Crippen molar-refractivity contribution in [2.75, 3.05) is 7.11 Å². The molecule has 2 aromatic heterocycles. The molecule has 0 amide bonds. The summed E-state index contributed by atoms with van der Waals surface area (Å²) < 4.78 is 22.9. The molecule has 0 aliphatic carbocycles. The maximum absolute atomic E-state index is 11.8. The van der Waals surface area contributed by atoms with Gasteiger partial charge in [0.25, 0.3) is 0 Å². The summed E-state index contributed by atoms with van der Waals surface area (Å²) in [6.45, 7) is 0.0589. The maximum atomic E-state index is 11.8. The number of fused-ring (bicyclic) bond motifs is 1. The molecule has 0 bridgehead atoms. The van der Waals surface area contributed by atoms with Crippen molar-refractivity contribution in [1.29, 1.82) is 0 Å².